The van der Waals surface area contributed by atoms with Gasteiger partial charge in [-0.15, -0.1) is 11.8 Å². The SMILES string of the molecule is C=C/C(=C\C=C(/C)SC)C(=O)NCCNc1cc(C2=C(O)C=CCC=C2)nc2c(Br)cnn12. The van der Waals surface area contributed by atoms with E-state index in [1.807, 2.05) is 43.5 Å². The van der Waals surface area contributed by atoms with E-state index in [-0.39, 0.29) is 11.7 Å². The van der Waals surface area contributed by atoms with Crippen molar-refractivity contribution in [2.45, 2.75) is 13.3 Å². The van der Waals surface area contributed by atoms with Gasteiger partial charge >= 0.3 is 0 Å². The highest BCUT2D eigenvalue weighted by Crippen LogP contribution is 2.27. The van der Waals surface area contributed by atoms with Crippen molar-refractivity contribution in [3.63, 3.8) is 0 Å². The van der Waals surface area contributed by atoms with Crippen molar-refractivity contribution in [2.24, 2.45) is 0 Å². The van der Waals surface area contributed by atoms with E-state index < -0.39 is 0 Å². The van der Waals surface area contributed by atoms with Crippen LogP contribution in [-0.2, 0) is 4.79 Å². The van der Waals surface area contributed by atoms with Gasteiger partial charge in [0.25, 0.3) is 5.91 Å². The number of carbonyl (C=O) groups excluding carboxylic acids is 1. The first-order valence-corrected chi connectivity index (χ1v) is 12.3. The number of aliphatic hydroxyl groups excluding tert-OH is 1. The van der Waals surface area contributed by atoms with Crippen molar-refractivity contribution in [1.29, 1.82) is 0 Å². The summed E-state index contributed by atoms with van der Waals surface area (Å²) in [6.45, 7) is 6.57. The number of hydrogen-bond acceptors (Lipinski definition) is 6. The predicted molar refractivity (Wildman–Crippen MR) is 140 cm³/mol. The molecule has 2 heterocycles. The van der Waals surface area contributed by atoms with E-state index in [1.165, 1.54) is 0 Å². The predicted octanol–water partition coefficient (Wildman–Crippen LogP) is 5.18. The van der Waals surface area contributed by atoms with Crippen LogP contribution >= 0.6 is 27.7 Å². The first kappa shape index (κ1) is 24.6. The lowest BCUT2D eigenvalue weighted by Crippen LogP contribution is -2.29. The Balaban J connectivity index is 1.75. The maximum Gasteiger partial charge on any atom is 0.251 e. The second kappa shape index (κ2) is 11.7. The molecule has 0 bridgehead atoms. The third kappa shape index (κ3) is 6.27. The Morgan fingerprint density at radius 2 is 2.12 bits per heavy atom. The Labute approximate surface area is 205 Å². The Morgan fingerprint density at radius 3 is 2.88 bits per heavy atom. The number of nitrogens with one attached hydrogen (secondary N) is 2. The number of allylic oxidation sites excluding steroid dienone is 8. The summed E-state index contributed by atoms with van der Waals surface area (Å²) < 4.78 is 2.41. The van der Waals surface area contributed by atoms with Gasteiger partial charge in [0.15, 0.2) is 5.65 Å². The maximum atomic E-state index is 12.4. The van der Waals surface area contributed by atoms with Gasteiger partial charge in [0.2, 0.25) is 0 Å². The normalized spacial score (nSPS) is 14.5. The van der Waals surface area contributed by atoms with Crippen LogP contribution < -0.4 is 10.6 Å². The fraction of sp³-hybridized carbons (Fsp3) is 0.208. The lowest BCUT2D eigenvalue weighted by Gasteiger charge is -2.12. The van der Waals surface area contributed by atoms with E-state index in [0.717, 1.165) is 15.8 Å². The molecule has 3 N–H and O–H groups in total. The molecule has 0 aromatic carbocycles. The van der Waals surface area contributed by atoms with E-state index in [0.29, 0.717) is 41.4 Å². The first-order chi connectivity index (χ1) is 15.9. The topological polar surface area (TPSA) is 91.5 Å². The minimum absolute atomic E-state index is 0.156. The molecular formula is C24H26BrN5O2S. The van der Waals surface area contributed by atoms with Crippen LogP contribution in [-0.4, -0.2) is 45.0 Å². The molecule has 2 aromatic rings. The molecule has 0 spiro atoms. The average Bonchev–Trinajstić information content (AvgIpc) is 3.05. The molecule has 0 saturated carbocycles. The molecule has 1 aliphatic carbocycles. The quantitative estimate of drug-likeness (QED) is 0.236. The van der Waals surface area contributed by atoms with E-state index in [4.69, 9.17) is 0 Å². The number of amides is 1. The van der Waals surface area contributed by atoms with Crippen LogP contribution in [0.5, 0.6) is 0 Å². The molecular weight excluding hydrogens is 502 g/mol. The van der Waals surface area contributed by atoms with Gasteiger partial charge in [0, 0.05) is 30.3 Å². The third-order valence-electron chi connectivity index (χ3n) is 4.83. The summed E-state index contributed by atoms with van der Waals surface area (Å²) in [6.07, 6.45) is 17.0. The van der Waals surface area contributed by atoms with Crippen molar-refractivity contribution in [3.05, 3.63) is 87.8 Å². The number of fused-ring (bicyclic) bond motifs is 1. The van der Waals surface area contributed by atoms with E-state index in [1.54, 1.807) is 40.7 Å². The fourth-order valence-corrected chi connectivity index (χ4v) is 3.57. The standard InChI is InChI=1S/C24H26BrN5O2S/c1-4-17(11-10-16(2)33-3)24(32)27-13-12-26-22-14-20(18-8-6-5-7-9-21(18)31)29-23-19(25)15-28-30(22)23/h4,6-11,14-15,26,31H,1,5,12-13H2,2-3H3,(H,27,32)/b16-10+,17-11+. The van der Waals surface area contributed by atoms with E-state index in [2.05, 4.69) is 43.2 Å². The highest BCUT2D eigenvalue weighted by atomic mass is 79.9. The summed E-state index contributed by atoms with van der Waals surface area (Å²) in [5, 5.41) is 21.0. The van der Waals surface area contributed by atoms with Crippen LogP contribution in [0, 0.1) is 0 Å². The molecule has 9 heteroatoms. The molecule has 0 aliphatic heterocycles. The molecule has 0 fully saturated rings. The number of thioether (sulfide) groups is 1. The average molecular weight is 528 g/mol. The largest absolute Gasteiger partial charge is 0.507 e. The van der Waals surface area contributed by atoms with Crippen LogP contribution in [0.2, 0.25) is 0 Å². The molecule has 2 aromatic heterocycles. The Hall–Kier alpha value is -3.04. The molecule has 1 aliphatic rings. The lowest BCUT2D eigenvalue weighted by atomic mass is 10.1. The van der Waals surface area contributed by atoms with Gasteiger partial charge < -0.3 is 15.7 Å². The van der Waals surface area contributed by atoms with Gasteiger partial charge in [0.05, 0.1) is 16.4 Å². The Bertz CT molecular complexity index is 1210. The molecule has 33 heavy (non-hydrogen) atoms. The van der Waals surface area contributed by atoms with Crippen molar-refractivity contribution in [1.82, 2.24) is 19.9 Å². The third-order valence-corrected chi connectivity index (χ3v) is 6.17. The first-order valence-electron chi connectivity index (χ1n) is 10.3. The number of carbonyl (C=O) groups is 1. The molecule has 0 saturated heterocycles. The maximum absolute atomic E-state index is 12.4. The number of nitrogens with zero attached hydrogens (tertiary/aromatic N) is 3. The van der Waals surface area contributed by atoms with Crippen molar-refractivity contribution >= 4 is 50.6 Å². The van der Waals surface area contributed by atoms with Crippen molar-refractivity contribution in [3.8, 4) is 0 Å². The fourth-order valence-electron chi connectivity index (χ4n) is 3.02. The van der Waals surface area contributed by atoms with Crippen molar-refractivity contribution in [2.75, 3.05) is 24.7 Å². The van der Waals surface area contributed by atoms with Crippen LogP contribution in [0.3, 0.4) is 0 Å². The van der Waals surface area contributed by atoms with Crippen LogP contribution in [0.25, 0.3) is 11.2 Å². The van der Waals surface area contributed by atoms with Gasteiger partial charge in [-0.2, -0.15) is 9.61 Å². The lowest BCUT2D eigenvalue weighted by molar-refractivity contribution is -0.117. The summed E-state index contributed by atoms with van der Waals surface area (Å²) in [6, 6.07) is 1.83. The number of aromatic nitrogens is 3. The molecule has 3 rings (SSSR count). The summed E-state index contributed by atoms with van der Waals surface area (Å²) in [4.78, 5) is 18.2. The minimum Gasteiger partial charge on any atom is -0.507 e. The summed E-state index contributed by atoms with van der Waals surface area (Å²) >= 11 is 5.10. The zero-order valence-electron chi connectivity index (χ0n) is 18.5. The van der Waals surface area contributed by atoms with E-state index >= 15 is 0 Å². The number of halogens is 1. The smallest absolute Gasteiger partial charge is 0.251 e. The number of aliphatic hydroxyl groups is 1. The Kier molecular flexibility index (Phi) is 8.73. The monoisotopic (exact) mass is 527 g/mol. The van der Waals surface area contributed by atoms with Crippen molar-refractivity contribution < 1.29 is 9.90 Å². The minimum atomic E-state index is -0.190. The van der Waals surface area contributed by atoms with Crippen LogP contribution in [0.1, 0.15) is 19.0 Å². The number of rotatable bonds is 9. The number of hydrogen-bond donors (Lipinski definition) is 3. The van der Waals surface area contributed by atoms with Gasteiger partial charge in [-0.3, -0.25) is 4.79 Å². The molecule has 1 amide bonds. The summed E-state index contributed by atoms with van der Waals surface area (Å²) in [7, 11) is 0. The molecule has 7 nitrogen and oxygen atoms in total. The second-order valence-corrected chi connectivity index (χ2v) is 8.99. The van der Waals surface area contributed by atoms with Crippen LogP contribution in [0.4, 0.5) is 5.82 Å². The van der Waals surface area contributed by atoms with Crippen LogP contribution in [0.15, 0.2) is 82.1 Å². The summed E-state index contributed by atoms with van der Waals surface area (Å²) in [5.41, 5.74) is 2.37. The summed E-state index contributed by atoms with van der Waals surface area (Å²) in [5.74, 6) is 0.656. The van der Waals surface area contributed by atoms with Gasteiger partial charge in [-0.1, -0.05) is 37.0 Å². The number of anilines is 1. The highest BCUT2D eigenvalue weighted by Gasteiger charge is 2.14. The molecule has 172 valence electrons. The van der Waals surface area contributed by atoms with Gasteiger partial charge in [0.1, 0.15) is 11.6 Å². The zero-order chi connectivity index (χ0) is 23.8. The molecule has 0 atom stereocenters. The Morgan fingerprint density at radius 1 is 1.33 bits per heavy atom. The highest BCUT2D eigenvalue weighted by molar-refractivity contribution is 9.10. The second-order valence-electron chi connectivity index (χ2n) is 7.08. The van der Waals surface area contributed by atoms with Gasteiger partial charge in [-0.25, -0.2) is 4.98 Å². The zero-order valence-corrected chi connectivity index (χ0v) is 20.9. The van der Waals surface area contributed by atoms with E-state index in [9.17, 15) is 9.90 Å². The molecule has 0 radical (unpaired) electrons. The van der Waals surface area contributed by atoms with Gasteiger partial charge in [-0.05, 0) is 52.6 Å². The molecule has 0 unspecified atom stereocenters.